The molecule has 0 aromatic carbocycles. The molecule has 5 fully saturated rings. The van der Waals surface area contributed by atoms with Gasteiger partial charge in [0.2, 0.25) is 0 Å². The number of carbonyl (C=O) groups excluding carboxylic acids is 1. The topological polar surface area (TPSA) is 44.8 Å². The van der Waals surface area contributed by atoms with Crippen LogP contribution < -0.4 is 0 Å². The van der Waals surface area contributed by atoms with Gasteiger partial charge in [-0.05, 0) is 75.0 Å². The van der Waals surface area contributed by atoms with Gasteiger partial charge in [-0.15, -0.1) is 0 Å². The number of carbonyl (C=O) groups is 1. The summed E-state index contributed by atoms with van der Waals surface area (Å²) in [6.45, 7) is 5.04. The summed E-state index contributed by atoms with van der Waals surface area (Å²) in [6, 6.07) is 0. The Morgan fingerprint density at radius 1 is 0.931 bits per heavy atom. The average molecular weight is 412 g/mol. The minimum atomic E-state index is -4.40. The fourth-order valence-corrected chi connectivity index (χ4v) is 8.23. The maximum absolute atomic E-state index is 14.1. The number of fused-ring (bicyclic) bond motifs is 16. The minimum absolute atomic E-state index is 0.0175. The molecule has 12 unspecified atom stereocenters. The van der Waals surface area contributed by atoms with Crippen LogP contribution in [0.3, 0.4) is 0 Å². The number of rotatable bonds is 1. The summed E-state index contributed by atoms with van der Waals surface area (Å²) in [5, 5.41) is 0. The van der Waals surface area contributed by atoms with Gasteiger partial charge in [-0.25, -0.2) is 4.79 Å². The Bertz CT molecular complexity index is 771. The summed E-state index contributed by atoms with van der Waals surface area (Å²) in [7, 11) is 0. The Labute approximate surface area is 168 Å². The van der Waals surface area contributed by atoms with Gasteiger partial charge in [-0.3, -0.25) is 0 Å². The van der Waals surface area contributed by atoms with Gasteiger partial charge < -0.3 is 14.2 Å². The number of alkyl halides is 3. The van der Waals surface area contributed by atoms with Gasteiger partial charge in [0.15, 0.2) is 0 Å². The Kier molecular flexibility index (Phi) is 3.52. The highest BCUT2D eigenvalue weighted by molar-refractivity contribution is 5.61. The standard InChI is InChI=1S/C22H27F3O4/c1-21(2,3)29-20(26)28-17-11-7-10(16(17)22(23,24)25)14-15(11)19-13-9-5-4-8(6-9)12(13)18(14)27-19/h4-5,8-19H,6-7H2,1-3H3. The fourth-order valence-electron chi connectivity index (χ4n) is 8.23. The number of ether oxygens (including phenoxy) is 3. The minimum Gasteiger partial charge on any atom is -0.430 e. The number of halogens is 3. The van der Waals surface area contributed by atoms with Crippen molar-refractivity contribution in [2.24, 2.45) is 53.3 Å². The van der Waals surface area contributed by atoms with Crippen LogP contribution in [0.2, 0.25) is 0 Å². The van der Waals surface area contributed by atoms with E-state index in [1.807, 2.05) is 0 Å². The third-order valence-corrected chi connectivity index (χ3v) is 8.63. The van der Waals surface area contributed by atoms with Crippen molar-refractivity contribution in [3.05, 3.63) is 12.2 Å². The molecule has 0 amide bonds. The normalized spacial score (nSPS) is 53.4. The van der Waals surface area contributed by atoms with Crippen molar-refractivity contribution in [3.63, 3.8) is 0 Å². The highest BCUT2D eigenvalue weighted by Crippen LogP contribution is 2.73. The van der Waals surface area contributed by atoms with E-state index in [1.165, 1.54) is 0 Å². The molecule has 6 aliphatic rings. The number of allylic oxidation sites excluding steroid dienone is 2. The monoisotopic (exact) mass is 412 g/mol. The molecule has 6 rings (SSSR count). The zero-order valence-electron chi connectivity index (χ0n) is 16.8. The zero-order valence-corrected chi connectivity index (χ0v) is 16.8. The van der Waals surface area contributed by atoms with Crippen molar-refractivity contribution in [3.8, 4) is 0 Å². The third-order valence-electron chi connectivity index (χ3n) is 8.63. The molecular formula is C22H27F3O4. The molecule has 7 heteroatoms. The van der Waals surface area contributed by atoms with E-state index in [2.05, 4.69) is 12.2 Å². The second kappa shape index (κ2) is 5.51. The van der Waals surface area contributed by atoms with Crippen molar-refractivity contribution in [2.75, 3.05) is 0 Å². The largest absolute Gasteiger partial charge is 0.509 e. The second-order valence-electron chi connectivity index (χ2n) is 11.0. The summed E-state index contributed by atoms with van der Waals surface area (Å²) in [5.74, 6) is -0.607. The van der Waals surface area contributed by atoms with E-state index in [-0.39, 0.29) is 30.0 Å². The molecule has 4 nitrogen and oxygen atoms in total. The van der Waals surface area contributed by atoms with Crippen LogP contribution in [0.15, 0.2) is 12.2 Å². The molecule has 2 aliphatic heterocycles. The lowest BCUT2D eigenvalue weighted by Crippen LogP contribution is -2.53. The van der Waals surface area contributed by atoms with Gasteiger partial charge in [0.05, 0.1) is 18.1 Å². The van der Waals surface area contributed by atoms with E-state index in [0.29, 0.717) is 30.1 Å². The van der Waals surface area contributed by atoms with Crippen LogP contribution in [0.25, 0.3) is 0 Å². The molecule has 0 aromatic rings. The van der Waals surface area contributed by atoms with Crippen LogP contribution in [-0.4, -0.2) is 36.2 Å². The lowest BCUT2D eigenvalue weighted by atomic mass is 9.58. The Morgan fingerprint density at radius 2 is 1.52 bits per heavy atom. The first-order chi connectivity index (χ1) is 13.5. The molecular weight excluding hydrogens is 385 g/mol. The molecule has 2 saturated heterocycles. The molecule has 160 valence electrons. The predicted octanol–water partition coefficient (Wildman–Crippen LogP) is 4.59. The van der Waals surface area contributed by atoms with E-state index in [0.717, 1.165) is 6.42 Å². The fraction of sp³-hybridized carbons (Fsp3) is 0.864. The van der Waals surface area contributed by atoms with E-state index in [1.54, 1.807) is 20.8 Å². The van der Waals surface area contributed by atoms with Crippen LogP contribution in [-0.2, 0) is 14.2 Å². The molecule has 4 aliphatic carbocycles. The van der Waals surface area contributed by atoms with E-state index < -0.39 is 35.9 Å². The van der Waals surface area contributed by atoms with Crippen LogP contribution in [0, 0.1) is 53.3 Å². The Morgan fingerprint density at radius 3 is 2.07 bits per heavy atom. The second-order valence-corrected chi connectivity index (χ2v) is 11.0. The number of hydrogen-bond donors (Lipinski definition) is 0. The summed E-state index contributed by atoms with van der Waals surface area (Å²) in [6.07, 6.45) is -0.447. The van der Waals surface area contributed by atoms with Gasteiger partial charge in [-0.1, -0.05) is 12.2 Å². The van der Waals surface area contributed by atoms with Crippen LogP contribution in [0.4, 0.5) is 18.0 Å². The van der Waals surface area contributed by atoms with Gasteiger partial charge in [0.1, 0.15) is 11.7 Å². The molecule has 0 N–H and O–H groups in total. The Balaban J connectivity index is 1.30. The molecule has 3 saturated carbocycles. The quantitative estimate of drug-likeness (QED) is 0.467. The summed E-state index contributed by atoms with van der Waals surface area (Å²) in [4.78, 5) is 12.3. The van der Waals surface area contributed by atoms with Crippen LogP contribution in [0.5, 0.6) is 0 Å². The van der Waals surface area contributed by atoms with Crippen molar-refractivity contribution >= 4 is 6.16 Å². The molecule has 0 spiro atoms. The highest BCUT2D eigenvalue weighted by atomic mass is 19.4. The first kappa shape index (κ1) is 18.5. The molecule has 0 radical (unpaired) electrons. The smallest absolute Gasteiger partial charge is 0.430 e. The molecule has 12 atom stereocenters. The van der Waals surface area contributed by atoms with Crippen molar-refractivity contribution in [1.29, 1.82) is 0 Å². The van der Waals surface area contributed by atoms with Crippen molar-refractivity contribution in [2.45, 2.75) is 63.7 Å². The maximum atomic E-state index is 14.1. The number of hydrogen-bond acceptors (Lipinski definition) is 4. The lowest BCUT2D eigenvalue weighted by molar-refractivity contribution is -0.226. The summed E-state index contributed by atoms with van der Waals surface area (Å²) < 4.78 is 59.2. The molecule has 29 heavy (non-hydrogen) atoms. The predicted molar refractivity (Wildman–Crippen MR) is 95.6 cm³/mol. The summed E-state index contributed by atoms with van der Waals surface area (Å²) >= 11 is 0. The van der Waals surface area contributed by atoms with Gasteiger partial charge in [-0.2, -0.15) is 13.2 Å². The zero-order chi connectivity index (χ0) is 20.5. The van der Waals surface area contributed by atoms with Crippen molar-refractivity contribution in [1.82, 2.24) is 0 Å². The van der Waals surface area contributed by atoms with Crippen LogP contribution >= 0.6 is 0 Å². The molecule has 0 aromatic heterocycles. The molecule has 2 heterocycles. The third kappa shape index (κ3) is 2.40. The lowest BCUT2D eigenvalue weighted by Gasteiger charge is -2.45. The highest BCUT2D eigenvalue weighted by Gasteiger charge is 2.77. The SMILES string of the molecule is CC(C)(C)OC(=O)OC1C2CC(C3C4OC(C5C6C=CC(C6)C45)C23)C1C(F)(F)F. The average Bonchev–Trinajstić information content (AvgIpc) is 3.35. The maximum Gasteiger partial charge on any atom is 0.509 e. The summed E-state index contributed by atoms with van der Waals surface area (Å²) in [5.41, 5.74) is -0.802. The first-order valence-corrected chi connectivity index (χ1v) is 10.8. The van der Waals surface area contributed by atoms with Gasteiger partial charge >= 0.3 is 12.3 Å². The van der Waals surface area contributed by atoms with Gasteiger partial charge in [0, 0.05) is 5.92 Å². The van der Waals surface area contributed by atoms with Crippen molar-refractivity contribution < 1.29 is 32.2 Å². The van der Waals surface area contributed by atoms with Crippen LogP contribution in [0.1, 0.15) is 33.6 Å². The Hall–Kier alpha value is -1.24. The molecule has 6 bridgehead atoms. The van der Waals surface area contributed by atoms with E-state index >= 15 is 0 Å². The van der Waals surface area contributed by atoms with E-state index in [9.17, 15) is 18.0 Å². The first-order valence-electron chi connectivity index (χ1n) is 10.8. The van der Waals surface area contributed by atoms with E-state index in [4.69, 9.17) is 14.2 Å². The van der Waals surface area contributed by atoms with Gasteiger partial charge in [0.25, 0.3) is 0 Å².